The standard InChI is InChI=1S/C36H45N7O4/c1-23-18-26(25-8-15-42(16-9-25)24(2)44)20-37-33(23)32-19-27-21-38-36(40-34(27)43(35(32)45)29-12-17-46-22-29)39-28-4-6-30(7-5-28)47-31-10-13-41(3)14-11-31/h4-7,18-21,24-25,29,31,44H,8-17,22H2,1-3H3,(H,38,39,40). The third-order valence-corrected chi connectivity index (χ3v) is 10.0. The Bertz CT molecular complexity index is 1750. The predicted molar refractivity (Wildman–Crippen MR) is 182 cm³/mol. The van der Waals surface area contributed by atoms with E-state index in [2.05, 4.69) is 33.2 Å². The second-order valence-corrected chi connectivity index (χ2v) is 13.4. The van der Waals surface area contributed by atoms with Gasteiger partial charge in [0.05, 0.1) is 23.9 Å². The number of anilines is 2. The number of aliphatic hydroxyl groups is 1. The highest BCUT2D eigenvalue weighted by Gasteiger charge is 2.27. The molecule has 248 valence electrons. The highest BCUT2D eigenvalue weighted by molar-refractivity contribution is 5.82. The molecule has 11 nitrogen and oxygen atoms in total. The second-order valence-electron chi connectivity index (χ2n) is 13.4. The highest BCUT2D eigenvalue weighted by atomic mass is 16.5. The van der Waals surface area contributed by atoms with E-state index in [1.807, 2.05) is 50.4 Å². The van der Waals surface area contributed by atoms with E-state index >= 15 is 0 Å². The van der Waals surface area contributed by atoms with E-state index in [0.717, 1.165) is 80.7 Å². The molecule has 3 saturated heterocycles. The zero-order valence-electron chi connectivity index (χ0n) is 27.6. The summed E-state index contributed by atoms with van der Waals surface area (Å²) >= 11 is 0. The molecule has 3 aromatic heterocycles. The van der Waals surface area contributed by atoms with Gasteiger partial charge in [-0.3, -0.25) is 19.2 Å². The Hall–Kier alpha value is -3.90. The number of nitrogens with zero attached hydrogens (tertiary/aromatic N) is 6. The maximum absolute atomic E-state index is 14.2. The van der Waals surface area contributed by atoms with Crippen molar-refractivity contribution in [3.63, 3.8) is 0 Å². The minimum absolute atomic E-state index is 0.123. The first-order chi connectivity index (χ1) is 22.8. The lowest BCUT2D eigenvalue weighted by molar-refractivity contribution is 0.00303. The number of aromatic nitrogens is 4. The number of nitrogens with one attached hydrogen (secondary N) is 1. The van der Waals surface area contributed by atoms with Crippen LogP contribution in [0, 0.1) is 6.92 Å². The lowest BCUT2D eigenvalue weighted by Crippen LogP contribution is -2.39. The topological polar surface area (TPSA) is 118 Å². The summed E-state index contributed by atoms with van der Waals surface area (Å²) in [5, 5.41) is 14.0. The van der Waals surface area contributed by atoms with Crippen molar-refractivity contribution in [2.45, 2.75) is 70.2 Å². The third-order valence-electron chi connectivity index (χ3n) is 10.0. The highest BCUT2D eigenvalue weighted by Crippen LogP contribution is 2.32. The molecule has 0 bridgehead atoms. The number of hydrogen-bond donors (Lipinski definition) is 2. The quantitative estimate of drug-likeness (QED) is 0.277. The average molecular weight is 640 g/mol. The lowest BCUT2D eigenvalue weighted by atomic mass is 9.89. The summed E-state index contributed by atoms with van der Waals surface area (Å²) in [7, 11) is 2.15. The summed E-state index contributed by atoms with van der Waals surface area (Å²) in [4.78, 5) is 33.0. The van der Waals surface area contributed by atoms with Crippen molar-refractivity contribution in [1.82, 2.24) is 29.3 Å². The molecule has 0 radical (unpaired) electrons. The van der Waals surface area contributed by atoms with Gasteiger partial charge in [0.15, 0.2) is 0 Å². The number of piperidine rings is 2. The molecule has 4 aromatic rings. The molecule has 3 aliphatic rings. The zero-order chi connectivity index (χ0) is 32.5. The maximum Gasteiger partial charge on any atom is 0.262 e. The molecule has 2 N–H and O–H groups in total. The van der Waals surface area contributed by atoms with Crippen LogP contribution in [0.4, 0.5) is 11.6 Å². The van der Waals surface area contributed by atoms with Crippen molar-refractivity contribution >= 4 is 22.7 Å². The van der Waals surface area contributed by atoms with Crippen LogP contribution < -0.4 is 15.6 Å². The van der Waals surface area contributed by atoms with Crippen LogP contribution in [0.15, 0.2) is 53.6 Å². The van der Waals surface area contributed by atoms with Gasteiger partial charge in [0, 0.05) is 56.3 Å². The number of ether oxygens (including phenoxy) is 2. The zero-order valence-corrected chi connectivity index (χ0v) is 27.6. The van der Waals surface area contributed by atoms with Crippen LogP contribution in [0.25, 0.3) is 22.3 Å². The molecule has 1 aromatic carbocycles. The van der Waals surface area contributed by atoms with Crippen LogP contribution in [-0.2, 0) is 4.74 Å². The van der Waals surface area contributed by atoms with Gasteiger partial charge < -0.3 is 24.8 Å². The summed E-state index contributed by atoms with van der Waals surface area (Å²) in [6.45, 7) is 8.73. The number of pyridine rings is 2. The smallest absolute Gasteiger partial charge is 0.262 e. The van der Waals surface area contributed by atoms with Gasteiger partial charge in [-0.2, -0.15) is 4.98 Å². The molecule has 2 unspecified atom stereocenters. The molecule has 0 aliphatic carbocycles. The van der Waals surface area contributed by atoms with Gasteiger partial charge in [-0.05, 0) is 100 Å². The molecule has 3 aliphatic heterocycles. The number of rotatable bonds is 8. The van der Waals surface area contributed by atoms with Gasteiger partial charge in [0.1, 0.15) is 23.7 Å². The van der Waals surface area contributed by atoms with Crippen LogP contribution in [0.1, 0.15) is 62.1 Å². The Balaban J connectivity index is 1.14. The van der Waals surface area contributed by atoms with Crippen molar-refractivity contribution in [3.05, 3.63) is 70.3 Å². The van der Waals surface area contributed by atoms with Gasteiger partial charge in [-0.25, -0.2) is 4.98 Å². The SMILES string of the molecule is Cc1cc(C2CCN(C(C)O)CC2)cnc1-c1cc2cnc(Nc3ccc(OC4CCN(C)CC4)cc3)nc2n(C2CCOC2)c1=O. The molecule has 0 spiro atoms. The maximum atomic E-state index is 14.2. The normalized spacial score (nSPS) is 20.9. The molecule has 2 atom stereocenters. The van der Waals surface area contributed by atoms with Crippen molar-refractivity contribution in [1.29, 1.82) is 0 Å². The van der Waals surface area contributed by atoms with Crippen LogP contribution >= 0.6 is 0 Å². The first-order valence-electron chi connectivity index (χ1n) is 16.9. The van der Waals surface area contributed by atoms with Crippen LogP contribution in [0.2, 0.25) is 0 Å². The van der Waals surface area contributed by atoms with E-state index in [1.54, 1.807) is 10.8 Å². The molecule has 3 fully saturated rings. The van der Waals surface area contributed by atoms with Gasteiger partial charge in [-0.1, -0.05) is 6.07 Å². The number of fused-ring (bicyclic) bond motifs is 1. The van der Waals surface area contributed by atoms with Crippen LogP contribution in [0.5, 0.6) is 5.75 Å². The Kier molecular flexibility index (Phi) is 9.22. The monoisotopic (exact) mass is 639 g/mol. The number of aliphatic hydroxyl groups excluding tert-OH is 1. The average Bonchev–Trinajstić information content (AvgIpc) is 3.61. The van der Waals surface area contributed by atoms with E-state index < -0.39 is 6.23 Å². The number of benzene rings is 1. The molecular formula is C36H45N7O4. The lowest BCUT2D eigenvalue weighted by Gasteiger charge is -2.33. The van der Waals surface area contributed by atoms with Crippen LogP contribution in [-0.4, -0.2) is 93.2 Å². The molecule has 7 rings (SSSR count). The van der Waals surface area contributed by atoms with E-state index in [-0.39, 0.29) is 17.7 Å². The van der Waals surface area contributed by atoms with E-state index in [0.29, 0.717) is 42.0 Å². The second kappa shape index (κ2) is 13.7. The van der Waals surface area contributed by atoms with Crippen molar-refractivity contribution < 1.29 is 14.6 Å². The Morgan fingerprint density at radius 2 is 1.77 bits per heavy atom. The summed E-state index contributed by atoms with van der Waals surface area (Å²) in [6.07, 6.45) is 8.26. The van der Waals surface area contributed by atoms with Crippen molar-refractivity contribution in [2.75, 3.05) is 51.8 Å². The third kappa shape index (κ3) is 6.89. The van der Waals surface area contributed by atoms with Crippen molar-refractivity contribution in [2.24, 2.45) is 0 Å². The van der Waals surface area contributed by atoms with E-state index in [1.165, 1.54) is 5.56 Å². The molecule has 11 heteroatoms. The fourth-order valence-corrected chi connectivity index (χ4v) is 7.16. The van der Waals surface area contributed by atoms with Gasteiger partial charge in [-0.15, -0.1) is 0 Å². The Labute approximate surface area is 275 Å². The number of hydrogen-bond acceptors (Lipinski definition) is 10. The van der Waals surface area contributed by atoms with E-state index in [4.69, 9.17) is 19.4 Å². The van der Waals surface area contributed by atoms with Gasteiger partial charge in [0.25, 0.3) is 5.56 Å². The summed E-state index contributed by atoms with van der Waals surface area (Å²) < 4.78 is 13.7. The van der Waals surface area contributed by atoms with Gasteiger partial charge >= 0.3 is 0 Å². The first kappa shape index (κ1) is 31.7. The molecule has 0 amide bonds. The first-order valence-corrected chi connectivity index (χ1v) is 16.9. The van der Waals surface area contributed by atoms with Crippen LogP contribution in [0.3, 0.4) is 0 Å². The summed E-state index contributed by atoms with van der Waals surface area (Å²) in [5.41, 5.74) is 4.67. The number of likely N-dealkylation sites (tertiary alicyclic amines) is 2. The Morgan fingerprint density at radius 3 is 2.45 bits per heavy atom. The molecule has 6 heterocycles. The number of aryl methyl sites for hydroxylation is 1. The van der Waals surface area contributed by atoms with Gasteiger partial charge in [0.2, 0.25) is 5.95 Å². The minimum atomic E-state index is -0.422. The minimum Gasteiger partial charge on any atom is -0.490 e. The Morgan fingerprint density at radius 1 is 1.00 bits per heavy atom. The molecule has 0 saturated carbocycles. The summed E-state index contributed by atoms with van der Waals surface area (Å²) in [5.74, 6) is 1.66. The molecular weight excluding hydrogens is 594 g/mol. The van der Waals surface area contributed by atoms with E-state index in [9.17, 15) is 9.90 Å². The predicted octanol–water partition coefficient (Wildman–Crippen LogP) is 4.86. The van der Waals surface area contributed by atoms with Crippen molar-refractivity contribution in [3.8, 4) is 17.0 Å². The summed E-state index contributed by atoms with van der Waals surface area (Å²) in [6, 6.07) is 11.8. The fraction of sp³-hybridized carbons (Fsp3) is 0.500. The largest absolute Gasteiger partial charge is 0.490 e. The molecule has 47 heavy (non-hydrogen) atoms. The fourth-order valence-electron chi connectivity index (χ4n) is 7.16.